The molecular formula is C14H19N3OS2. The summed E-state index contributed by atoms with van der Waals surface area (Å²) in [5, 5.41) is 14.8. The van der Waals surface area contributed by atoms with Crippen molar-refractivity contribution in [3.63, 3.8) is 0 Å². The van der Waals surface area contributed by atoms with Gasteiger partial charge in [-0.2, -0.15) is 11.8 Å². The van der Waals surface area contributed by atoms with Gasteiger partial charge in [-0.1, -0.05) is 0 Å². The SMILES string of the molecule is CSCC(C)(O)CNc1ncnc2sc3c(c12)CCC3. The predicted octanol–water partition coefficient (Wildman–Crippen LogP) is 2.71. The van der Waals surface area contributed by atoms with Crippen molar-refractivity contribution in [2.24, 2.45) is 0 Å². The number of hydrogen-bond donors (Lipinski definition) is 2. The summed E-state index contributed by atoms with van der Waals surface area (Å²) in [5.74, 6) is 1.58. The van der Waals surface area contributed by atoms with Crippen molar-refractivity contribution in [3.8, 4) is 0 Å². The average molecular weight is 309 g/mol. The Balaban J connectivity index is 1.88. The van der Waals surface area contributed by atoms with E-state index in [9.17, 15) is 5.11 Å². The fraction of sp³-hybridized carbons (Fsp3) is 0.571. The zero-order valence-corrected chi connectivity index (χ0v) is 13.4. The van der Waals surface area contributed by atoms with E-state index in [1.165, 1.54) is 28.7 Å². The molecule has 4 nitrogen and oxygen atoms in total. The molecule has 0 aromatic carbocycles. The van der Waals surface area contributed by atoms with Gasteiger partial charge in [0.25, 0.3) is 0 Å². The monoisotopic (exact) mass is 309 g/mol. The lowest BCUT2D eigenvalue weighted by molar-refractivity contribution is 0.0996. The van der Waals surface area contributed by atoms with Crippen molar-refractivity contribution in [2.45, 2.75) is 31.8 Å². The highest BCUT2D eigenvalue weighted by atomic mass is 32.2. The van der Waals surface area contributed by atoms with E-state index >= 15 is 0 Å². The Labute approximate surface area is 127 Å². The van der Waals surface area contributed by atoms with Crippen molar-refractivity contribution in [3.05, 3.63) is 16.8 Å². The Hall–Kier alpha value is -0.850. The van der Waals surface area contributed by atoms with E-state index in [4.69, 9.17) is 0 Å². The lowest BCUT2D eigenvalue weighted by Crippen LogP contribution is -2.36. The van der Waals surface area contributed by atoms with Gasteiger partial charge in [-0.15, -0.1) is 11.3 Å². The molecule has 0 aliphatic heterocycles. The van der Waals surface area contributed by atoms with Gasteiger partial charge in [-0.3, -0.25) is 0 Å². The van der Waals surface area contributed by atoms with Crippen LogP contribution in [0, 0.1) is 0 Å². The van der Waals surface area contributed by atoms with Crippen LogP contribution < -0.4 is 5.32 Å². The number of nitrogens with zero attached hydrogens (tertiary/aromatic N) is 2. The van der Waals surface area contributed by atoms with E-state index in [1.807, 2.05) is 13.2 Å². The number of fused-ring (bicyclic) bond motifs is 3. The molecule has 1 aliphatic carbocycles. The summed E-state index contributed by atoms with van der Waals surface area (Å²) in [4.78, 5) is 11.3. The third-order valence-electron chi connectivity index (χ3n) is 3.59. The van der Waals surface area contributed by atoms with Gasteiger partial charge in [0.1, 0.15) is 17.0 Å². The van der Waals surface area contributed by atoms with Crippen LogP contribution in [0.1, 0.15) is 23.8 Å². The first-order valence-corrected chi connectivity index (χ1v) is 9.02. The molecule has 1 aliphatic rings. The van der Waals surface area contributed by atoms with Crippen molar-refractivity contribution in [1.82, 2.24) is 9.97 Å². The maximum atomic E-state index is 10.3. The molecule has 0 fully saturated rings. The zero-order valence-electron chi connectivity index (χ0n) is 11.8. The fourth-order valence-electron chi connectivity index (χ4n) is 2.70. The fourth-order valence-corrected chi connectivity index (χ4v) is 4.65. The molecule has 1 atom stereocenters. The maximum Gasteiger partial charge on any atom is 0.138 e. The molecule has 0 saturated carbocycles. The third kappa shape index (κ3) is 2.64. The molecule has 2 heterocycles. The van der Waals surface area contributed by atoms with Crippen molar-refractivity contribution < 1.29 is 5.11 Å². The number of thiophene rings is 1. The second-order valence-corrected chi connectivity index (χ2v) is 7.49. The molecule has 20 heavy (non-hydrogen) atoms. The zero-order chi connectivity index (χ0) is 14.2. The van der Waals surface area contributed by atoms with Crippen LogP contribution in [0.25, 0.3) is 10.2 Å². The second-order valence-electron chi connectivity index (χ2n) is 5.54. The van der Waals surface area contributed by atoms with Gasteiger partial charge in [-0.25, -0.2) is 9.97 Å². The highest BCUT2D eigenvalue weighted by molar-refractivity contribution is 7.98. The van der Waals surface area contributed by atoms with E-state index in [0.29, 0.717) is 12.3 Å². The molecule has 2 aromatic rings. The van der Waals surface area contributed by atoms with Crippen LogP contribution >= 0.6 is 23.1 Å². The third-order valence-corrected chi connectivity index (χ3v) is 5.70. The minimum Gasteiger partial charge on any atom is -0.387 e. The molecule has 0 spiro atoms. The highest BCUT2D eigenvalue weighted by Crippen LogP contribution is 2.39. The van der Waals surface area contributed by atoms with Crippen LogP contribution in [-0.2, 0) is 12.8 Å². The van der Waals surface area contributed by atoms with Gasteiger partial charge < -0.3 is 10.4 Å². The molecule has 0 saturated heterocycles. The van der Waals surface area contributed by atoms with Crippen molar-refractivity contribution in [2.75, 3.05) is 23.9 Å². The van der Waals surface area contributed by atoms with Crippen molar-refractivity contribution >= 4 is 39.1 Å². The normalized spacial score (nSPS) is 17.1. The van der Waals surface area contributed by atoms with Crippen LogP contribution in [0.2, 0.25) is 0 Å². The van der Waals surface area contributed by atoms with Gasteiger partial charge in [0.2, 0.25) is 0 Å². The quantitative estimate of drug-likeness (QED) is 0.889. The number of hydrogen-bond acceptors (Lipinski definition) is 6. The first kappa shape index (κ1) is 14.1. The Morgan fingerprint density at radius 2 is 2.30 bits per heavy atom. The first-order valence-electron chi connectivity index (χ1n) is 6.81. The number of nitrogens with one attached hydrogen (secondary N) is 1. The number of aromatic nitrogens is 2. The van der Waals surface area contributed by atoms with E-state index in [2.05, 4.69) is 15.3 Å². The summed E-state index contributed by atoms with van der Waals surface area (Å²) in [7, 11) is 0. The van der Waals surface area contributed by atoms with E-state index in [-0.39, 0.29) is 0 Å². The molecular weight excluding hydrogens is 290 g/mol. The average Bonchev–Trinajstić information content (AvgIpc) is 2.96. The summed E-state index contributed by atoms with van der Waals surface area (Å²) in [5.41, 5.74) is 0.688. The Kier molecular flexibility index (Phi) is 3.88. The van der Waals surface area contributed by atoms with Crippen molar-refractivity contribution in [1.29, 1.82) is 0 Å². The van der Waals surface area contributed by atoms with Gasteiger partial charge in [0.05, 0.1) is 11.0 Å². The second kappa shape index (κ2) is 5.50. The number of thioether (sulfide) groups is 1. The number of aryl methyl sites for hydroxylation is 2. The molecule has 2 aromatic heterocycles. The summed E-state index contributed by atoms with van der Waals surface area (Å²) >= 11 is 3.43. The molecule has 2 N–H and O–H groups in total. The minimum absolute atomic E-state index is 0.505. The van der Waals surface area contributed by atoms with Gasteiger partial charge in [-0.05, 0) is 38.0 Å². The largest absolute Gasteiger partial charge is 0.387 e. The van der Waals surface area contributed by atoms with E-state index < -0.39 is 5.60 Å². The van der Waals surface area contributed by atoms with Crippen LogP contribution in [0.15, 0.2) is 6.33 Å². The molecule has 6 heteroatoms. The Morgan fingerprint density at radius 3 is 3.10 bits per heavy atom. The molecule has 1 unspecified atom stereocenters. The minimum atomic E-state index is -0.726. The summed E-state index contributed by atoms with van der Waals surface area (Å²) in [6.45, 7) is 2.36. The van der Waals surface area contributed by atoms with Crippen LogP contribution in [0.3, 0.4) is 0 Å². The van der Waals surface area contributed by atoms with Crippen LogP contribution in [0.5, 0.6) is 0 Å². The van der Waals surface area contributed by atoms with Gasteiger partial charge in [0.15, 0.2) is 0 Å². The smallest absolute Gasteiger partial charge is 0.138 e. The molecule has 3 rings (SSSR count). The van der Waals surface area contributed by atoms with Gasteiger partial charge in [0, 0.05) is 17.2 Å². The lowest BCUT2D eigenvalue weighted by atomic mass is 10.1. The summed E-state index contributed by atoms with van der Waals surface area (Å²) in [6.07, 6.45) is 7.14. The van der Waals surface area contributed by atoms with Gasteiger partial charge >= 0.3 is 0 Å². The molecule has 0 bridgehead atoms. The van der Waals surface area contributed by atoms with E-state index in [1.54, 1.807) is 29.4 Å². The standard InChI is InChI=1S/C14H19N3OS2/c1-14(18,7-19-2)6-15-12-11-9-4-3-5-10(9)20-13(11)17-8-16-12/h8,18H,3-7H2,1-2H3,(H,15,16,17). The number of rotatable bonds is 5. The number of anilines is 1. The lowest BCUT2D eigenvalue weighted by Gasteiger charge is -2.23. The molecule has 108 valence electrons. The number of aliphatic hydroxyl groups is 1. The Morgan fingerprint density at radius 1 is 1.45 bits per heavy atom. The predicted molar refractivity (Wildman–Crippen MR) is 86.9 cm³/mol. The first-order chi connectivity index (χ1) is 9.61. The van der Waals surface area contributed by atoms with Crippen LogP contribution in [0.4, 0.5) is 5.82 Å². The van der Waals surface area contributed by atoms with Crippen LogP contribution in [-0.4, -0.2) is 39.2 Å². The summed E-state index contributed by atoms with van der Waals surface area (Å²) < 4.78 is 0. The topological polar surface area (TPSA) is 58.0 Å². The molecule has 0 radical (unpaired) electrons. The Bertz CT molecular complexity index is 624. The summed E-state index contributed by atoms with van der Waals surface area (Å²) in [6, 6.07) is 0. The highest BCUT2D eigenvalue weighted by Gasteiger charge is 2.23. The molecule has 0 amide bonds. The maximum absolute atomic E-state index is 10.3. The van der Waals surface area contributed by atoms with E-state index in [0.717, 1.165) is 17.1 Å².